The lowest BCUT2D eigenvalue weighted by molar-refractivity contribution is -0.124. The Morgan fingerprint density at radius 1 is 1.04 bits per heavy atom. The van der Waals surface area contributed by atoms with E-state index in [2.05, 4.69) is 22.8 Å². The average Bonchev–Trinajstić information content (AvgIpc) is 2.62. The van der Waals surface area contributed by atoms with Crippen molar-refractivity contribution in [2.24, 2.45) is 0 Å². The first-order valence-corrected chi connectivity index (χ1v) is 9.80. The molecule has 0 heterocycles. The Balaban J connectivity index is 2.02. The van der Waals surface area contributed by atoms with Gasteiger partial charge < -0.3 is 20.1 Å². The van der Waals surface area contributed by atoms with Gasteiger partial charge in [-0.1, -0.05) is 41.9 Å². The molecule has 0 radical (unpaired) electrons. The molecule has 0 saturated carbocycles. The van der Waals surface area contributed by atoms with Gasteiger partial charge in [0, 0.05) is 29.7 Å². The van der Waals surface area contributed by atoms with E-state index in [4.69, 9.17) is 21.1 Å². The topological polar surface area (TPSA) is 59.6 Å². The summed E-state index contributed by atoms with van der Waals surface area (Å²) in [6.07, 6.45) is 0. The normalized spacial score (nSPS) is 11.2. The van der Waals surface area contributed by atoms with E-state index in [-0.39, 0.29) is 18.1 Å². The quantitative estimate of drug-likeness (QED) is 0.653. The first kappa shape index (κ1) is 22.1. The van der Waals surface area contributed by atoms with E-state index in [0.717, 1.165) is 12.1 Å². The number of ether oxygens (including phenoxy) is 2. The minimum Gasteiger partial charge on any atom is -0.490 e. The standard InChI is InChI=1S/C22H29ClN2O3/c1-5-27-19-11-17(14-24-13-16-9-7-6-8-10-16)18(23)12-20(19)28-15-21(26)25-22(2,3)4/h6-12,24H,5,13-15H2,1-4H3,(H,25,26). The maximum Gasteiger partial charge on any atom is 0.258 e. The minimum absolute atomic E-state index is 0.0979. The molecule has 0 aromatic heterocycles. The van der Waals surface area contributed by atoms with Crippen LogP contribution in [0.1, 0.15) is 38.8 Å². The zero-order valence-electron chi connectivity index (χ0n) is 17.0. The van der Waals surface area contributed by atoms with Gasteiger partial charge >= 0.3 is 0 Å². The number of hydrogen-bond acceptors (Lipinski definition) is 4. The third-order valence-corrected chi connectivity index (χ3v) is 4.13. The summed E-state index contributed by atoms with van der Waals surface area (Å²) in [6.45, 7) is 9.39. The van der Waals surface area contributed by atoms with Crippen LogP contribution in [-0.4, -0.2) is 24.7 Å². The van der Waals surface area contributed by atoms with Crippen LogP contribution in [0.25, 0.3) is 0 Å². The summed E-state index contributed by atoms with van der Waals surface area (Å²) in [5, 5.41) is 6.81. The van der Waals surface area contributed by atoms with Crippen molar-refractivity contribution < 1.29 is 14.3 Å². The van der Waals surface area contributed by atoms with Gasteiger partial charge in [-0.15, -0.1) is 0 Å². The van der Waals surface area contributed by atoms with Gasteiger partial charge in [-0.3, -0.25) is 4.79 Å². The molecule has 0 saturated heterocycles. The molecule has 2 aromatic rings. The van der Waals surface area contributed by atoms with Crippen LogP contribution < -0.4 is 20.1 Å². The van der Waals surface area contributed by atoms with Gasteiger partial charge in [0.05, 0.1) is 6.61 Å². The number of rotatable bonds is 9. The minimum atomic E-state index is -0.310. The van der Waals surface area contributed by atoms with Gasteiger partial charge in [0.25, 0.3) is 5.91 Å². The molecule has 0 spiro atoms. The molecule has 5 nitrogen and oxygen atoms in total. The summed E-state index contributed by atoms with van der Waals surface area (Å²) in [5.41, 5.74) is 1.80. The molecule has 0 unspecified atom stereocenters. The van der Waals surface area contributed by atoms with Gasteiger partial charge in [-0.2, -0.15) is 0 Å². The molecule has 152 valence electrons. The van der Waals surface area contributed by atoms with Crippen LogP contribution in [0, 0.1) is 0 Å². The van der Waals surface area contributed by atoms with Gasteiger partial charge in [0.15, 0.2) is 18.1 Å². The van der Waals surface area contributed by atoms with Crippen LogP contribution in [0.4, 0.5) is 0 Å². The Morgan fingerprint density at radius 3 is 2.36 bits per heavy atom. The Morgan fingerprint density at radius 2 is 1.71 bits per heavy atom. The van der Waals surface area contributed by atoms with Crippen LogP contribution >= 0.6 is 11.6 Å². The van der Waals surface area contributed by atoms with Crippen molar-refractivity contribution in [2.75, 3.05) is 13.2 Å². The lowest BCUT2D eigenvalue weighted by atomic mass is 10.1. The molecule has 2 rings (SSSR count). The largest absolute Gasteiger partial charge is 0.490 e. The third-order valence-electron chi connectivity index (χ3n) is 3.77. The molecule has 28 heavy (non-hydrogen) atoms. The number of halogens is 1. The number of carbonyl (C=O) groups excluding carboxylic acids is 1. The van der Waals surface area contributed by atoms with Crippen molar-refractivity contribution >= 4 is 17.5 Å². The Hall–Kier alpha value is -2.24. The van der Waals surface area contributed by atoms with Crippen LogP contribution in [-0.2, 0) is 17.9 Å². The lowest BCUT2D eigenvalue weighted by Gasteiger charge is -2.21. The van der Waals surface area contributed by atoms with Gasteiger partial charge in [0.2, 0.25) is 0 Å². The SMILES string of the molecule is CCOc1cc(CNCc2ccccc2)c(Cl)cc1OCC(=O)NC(C)(C)C. The first-order valence-electron chi connectivity index (χ1n) is 9.42. The van der Waals surface area contributed by atoms with E-state index in [1.165, 1.54) is 5.56 Å². The van der Waals surface area contributed by atoms with E-state index in [9.17, 15) is 4.79 Å². The maximum absolute atomic E-state index is 12.0. The van der Waals surface area contributed by atoms with Crippen LogP contribution in [0.15, 0.2) is 42.5 Å². The van der Waals surface area contributed by atoms with Crippen molar-refractivity contribution in [1.29, 1.82) is 0 Å². The summed E-state index contributed by atoms with van der Waals surface area (Å²) in [4.78, 5) is 12.0. The van der Waals surface area contributed by atoms with Crippen molar-refractivity contribution in [3.63, 3.8) is 0 Å². The second-order valence-electron chi connectivity index (χ2n) is 7.50. The molecular weight excluding hydrogens is 376 g/mol. The fraction of sp³-hybridized carbons (Fsp3) is 0.409. The fourth-order valence-corrected chi connectivity index (χ4v) is 2.85. The number of carbonyl (C=O) groups is 1. The van der Waals surface area contributed by atoms with Gasteiger partial charge in [0.1, 0.15) is 0 Å². The molecule has 0 bridgehead atoms. The van der Waals surface area contributed by atoms with Crippen LogP contribution in [0.5, 0.6) is 11.5 Å². The molecule has 0 aliphatic carbocycles. The number of hydrogen-bond donors (Lipinski definition) is 2. The van der Waals surface area contributed by atoms with E-state index in [1.54, 1.807) is 6.07 Å². The second-order valence-corrected chi connectivity index (χ2v) is 7.91. The molecular formula is C22H29ClN2O3. The molecule has 1 amide bonds. The third kappa shape index (κ3) is 7.41. The monoisotopic (exact) mass is 404 g/mol. The highest BCUT2D eigenvalue weighted by Crippen LogP contribution is 2.33. The predicted octanol–water partition coefficient (Wildman–Crippen LogP) is 4.32. The van der Waals surface area contributed by atoms with E-state index < -0.39 is 0 Å². The number of amides is 1. The van der Waals surface area contributed by atoms with Crippen molar-refractivity contribution in [2.45, 2.75) is 46.3 Å². The summed E-state index contributed by atoms with van der Waals surface area (Å²) >= 11 is 6.43. The van der Waals surface area contributed by atoms with Crippen molar-refractivity contribution in [3.8, 4) is 11.5 Å². The Kier molecular flexibility index (Phi) is 8.15. The first-order chi connectivity index (χ1) is 13.3. The Labute approximate surface area is 172 Å². The lowest BCUT2D eigenvalue weighted by Crippen LogP contribution is -2.43. The van der Waals surface area contributed by atoms with Gasteiger partial charge in [-0.05, 0) is 44.9 Å². The van der Waals surface area contributed by atoms with Crippen molar-refractivity contribution in [1.82, 2.24) is 10.6 Å². The predicted molar refractivity (Wildman–Crippen MR) is 113 cm³/mol. The molecule has 0 atom stereocenters. The average molecular weight is 405 g/mol. The molecule has 0 aliphatic heterocycles. The number of benzene rings is 2. The second kappa shape index (κ2) is 10.3. The maximum atomic E-state index is 12.0. The van der Waals surface area contributed by atoms with E-state index >= 15 is 0 Å². The highest BCUT2D eigenvalue weighted by Gasteiger charge is 2.16. The number of nitrogens with one attached hydrogen (secondary N) is 2. The summed E-state index contributed by atoms with van der Waals surface area (Å²) < 4.78 is 11.4. The zero-order valence-corrected chi connectivity index (χ0v) is 17.7. The molecule has 6 heteroatoms. The fourth-order valence-electron chi connectivity index (χ4n) is 2.63. The summed E-state index contributed by atoms with van der Waals surface area (Å²) in [6, 6.07) is 13.7. The van der Waals surface area contributed by atoms with Crippen LogP contribution in [0.3, 0.4) is 0 Å². The highest BCUT2D eigenvalue weighted by molar-refractivity contribution is 6.31. The van der Waals surface area contributed by atoms with E-state index in [0.29, 0.717) is 29.7 Å². The van der Waals surface area contributed by atoms with E-state index in [1.807, 2.05) is 52.0 Å². The summed E-state index contributed by atoms with van der Waals surface area (Å²) in [7, 11) is 0. The molecule has 2 N–H and O–H groups in total. The smallest absolute Gasteiger partial charge is 0.258 e. The Bertz CT molecular complexity index is 773. The zero-order chi connectivity index (χ0) is 20.6. The highest BCUT2D eigenvalue weighted by atomic mass is 35.5. The van der Waals surface area contributed by atoms with Crippen LogP contribution in [0.2, 0.25) is 5.02 Å². The van der Waals surface area contributed by atoms with Crippen molar-refractivity contribution in [3.05, 3.63) is 58.6 Å². The van der Waals surface area contributed by atoms with Gasteiger partial charge in [-0.25, -0.2) is 0 Å². The molecule has 2 aromatic carbocycles. The molecule has 0 aliphatic rings. The molecule has 0 fully saturated rings. The summed E-state index contributed by atoms with van der Waals surface area (Å²) in [5.74, 6) is 0.842.